The number of anilines is 1. The molecule has 3 aromatic rings. The molecule has 0 radical (unpaired) electrons. The summed E-state index contributed by atoms with van der Waals surface area (Å²) in [7, 11) is 3.35. The van der Waals surface area contributed by atoms with E-state index in [0.717, 1.165) is 17.7 Å². The van der Waals surface area contributed by atoms with E-state index >= 15 is 0 Å². The highest BCUT2D eigenvalue weighted by atomic mass is 35.5. The SMILES string of the molecule is COCCOc1ccc(CCNc2nc3cc(Cl)ccc3c(=O)n2C)cc1. The molecule has 3 rings (SSSR count). The van der Waals surface area contributed by atoms with Crippen molar-refractivity contribution in [1.82, 2.24) is 9.55 Å². The highest BCUT2D eigenvalue weighted by Gasteiger charge is 2.08. The predicted molar refractivity (Wildman–Crippen MR) is 108 cm³/mol. The van der Waals surface area contributed by atoms with Crippen LogP contribution in [-0.2, 0) is 18.2 Å². The number of benzene rings is 2. The molecule has 1 heterocycles. The summed E-state index contributed by atoms with van der Waals surface area (Å²) in [5.74, 6) is 1.34. The molecule has 0 saturated carbocycles. The molecule has 0 fully saturated rings. The lowest BCUT2D eigenvalue weighted by Gasteiger charge is -2.12. The Morgan fingerprint density at radius 3 is 2.67 bits per heavy atom. The number of methoxy groups -OCH3 is 1. The zero-order valence-electron chi connectivity index (χ0n) is 15.4. The van der Waals surface area contributed by atoms with Gasteiger partial charge in [0.25, 0.3) is 5.56 Å². The Balaban J connectivity index is 1.63. The molecule has 0 aliphatic rings. The van der Waals surface area contributed by atoms with Crippen molar-refractivity contribution in [3.8, 4) is 5.75 Å². The fourth-order valence-electron chi connectivity index (χ4n) is 2.72. The fourth-order valence-corrected chi connectivity index (χ4v) is 2.88. The van der Waals surface area contributed by atoms with Gasteiger partial charge in [-0.1, -0.05) is 23.7 Å². The zero-order chi connectivity index (χ0) is 19.2. The maximum Gasteiger partial charge on any atom is 0.262 e. The molecular weight excluding hydrogens is 366 g/mol. The molecule has 2 aromatic carbocycles. The summed E-state index contributed by atoms with van der Waals surface area (Å²) >= 11 is 6.01. The number of nitrogens with one attached hydrogen (secondary N) is 1. The van der Waals surface area contributed by atoms with Crippen molar-refractivity contribution in [2.24, 2.45) is 7.05 Å². The Morgan fingerprint density at radius 2 is 1.93 bits per heavy atom. The van der Waals surface area contributed by atoms with E-state index in [2.05, 4.69) is 10.3 Å². The minimum atomic E-state index is -0.100. The lowest BCUT2D eigenvalue weighted by atomic mass is 10.1. The first-order chi connectivity index (χ1) is 13.1. The monoisotopic (exact) mass is 387 g/mol. The van der Waals surface area contributed by atoms with E-state index in [9.17, 15) is 4.79 Å². The molecule has 0 amide bonds. The van der Waals surface area contributed by atoms with E-state index in [1.807, 2.05) is 24.3 Å². The third-order valence-electron chi connectivity index (χ3n) is 4.22. The normalized spacial score (nSPS) is 10.9. The van der Waals surface area contributed by atoms with Crippen LogP contribution in [0.4, 0.5) is 5.95 Å². The van der Waals surface area contributed by atoms with E-state index in [4.69, 9.17) is 21.1 Å². The molecule has 142 valence electrons. The molecule has 0 spiro atoms. The van der Waals surface area contributed by atoms with Crippen molar-refractivity contribution in [1.29, 1.82) is 0 Å². The summed E-state index contributed by atoms with van der Waals surface area (Å²) in [5, 5.41) is 4.34. The Hall–Kier alpha value is -2.57. The first-order valence-electron chi connectivity index (χ1n) is 8.69. The lowest BCUT2D eigenvalue weighted by Crippen LogP contribution is -2.23. The van der Waals surface area contributed by atoms with Crippen molar-refractivity contribution in [2.75, 3.05) is 32.2 Å². The maximum absolute atomic E-state index is 12.5. The van der Waals surface area contributed by atoms with E-state index < -0.39 is 0 Å². The number of fused-ring (bicyclic) bond motifs is 1. The van der Waals surface area contributed by atoms with Crippen LogP contribution in [0.25, 0.3) is 10.9 Å². The van der Waals surface area contributed by atoms with Crippen LogP contribution in [0.5, 0.6) is 5.75 Å². The van der Waals surface area contributed by atoms with E-state index in [-0.39, 0.29) is 5.56 Å². The molecule has 0 aliphatic carbocycles. The zero-order valence-corrected chi connectivity index (χ0v) is 16.1. The molecular formula is C20H22ClN3O3. The first kappa shape index (κ1) is 19.2. The molecule has 1 N–H and O–H groups in total. The van der Waals surface area contributed by atoms with Gasteiger partial charge in [-0.25, -0.2) is 4.98 Å². The van der Waals surface area contributed by atoms with Crippen LogP contribution in [0.2, 0.25) is 5.02 Å². The standard InChI is InChI=1S/C20H22ClN3O3/c1-24-19(25)17-8-5-15(21)13-18(17)23-20(24)22-10-9-14-3-6-16(7-4-14)27-12-11-26-2/h3-8,13H,9-12H2,1-2H3,(H,22,23). The van der Waals surface area contributed by atoms with Gasteiger partial charge in [0, 0.05) is 25.7 Å². The summed E-state index contributed by atoms with van der Waals surface area (Å²) in [5.41, 5.74) is 1.65. The van der Waals surface area contributed by atoms with Crippen LogP contribution >= 0.6 is 11.6 Å². The van der Waals surface area contributed by atoms with Crippen LogP contribution in [0.3, 0.4) is 0 Å². The number of hydrogen-bond acceptors (Lipinski definition) is 5. The van der Waals surface area contributed by atoms with Gasteiger partial charge in [-0.3, -0.25) is 9.36 Å². The van der Waals surface area contributed by atoms with Crippen LogP contribution in [0.1, 0.15) is 5.56 Å². The second-order valence-electron chi connectivity index (χ2n) is 6.12. The summed E-state index contributed by atoms with van der Waals surface area (Å²) in [6, 6.07) is 13.0. The molecule has 0 aliphatic heterocycles. The number of nitrogens with zero attached hydrogens (tertiary/aromatic N) is 2. The summed E-state index contributed by atoms with van der Waals surface area (Å²) in [6.07, 6.45) is 0.793. The number of aromatic nitrogens is 2. The smallest absolute Gasteiger partial charge is 0.262 e. The maximum atomic E-state index is 12.5. The van der Waals surface area contributed by atoms with Crippen molar-refractivity contribution in [3.63, 3.8) is 0 Å². The minimum Gasteiger partial charge on any atom is -0.491 e. The number of hydrogen-bond donors (Lipinski definition) is 1. The molecule has 7 heteroatoms. The van der Waals surface area contributed by atoms with Gasteiger partial charge in [0.05, 0.1) is 17.5 Å². The number of rotatable bonds is 8. The topological polar surface area (TPSA) is 65.4 Å². The Morgan fingerprint density at radius 1 is 1.15 bits per heavy atom. The Bertz CT molecular complexity index is 971. The van der Waals surface area contributed by atoms with Crippen LogP contribution in [0.15, 0.2) is 47.3 Å². The van der Waals surface area contributed by atoms with Gasteiger partial charge in [0.2, 0.25) is 5.95 Å². The summed E-state index contributed by atoms with van der Waals surface area (Å²) < 4.78 is 12.0. The van der Waals surface area contributed by atoms with Gasteiger partial charge in [-0.2, -0.15) is 0 Å². The van der Waals surface area contributed by atoms with Gasteiger partial charge < -0.3 is 14.8 Å². The predicted octanol–water partition coefficient (Wildman–Crippen LogP) is 3.27. The third kappa shape index (κ3) is 4.78. The number of ether oxygens (including phenoxy) is 2. The highest BCUT2D eigenvalue weighted by molar-refractivity contribution is 6.31. The quantitative estimate of drug-likeness (QED) is 0.601. The second-order valence-corrected chi connectivity index (χ2v) is 6.56. The molecule has 0 saturated heterocycles. The van der Waals surface area contributed by atoms with Crippen molar-refractivity contribution < 1.29 is 9.47 Å². The minimum absolute atomic E-state index is 0.100. The fraction of sp³-hybridized carbons (Fsp3) is 0.300. The van der Waals surface area contributed by atoms with Crippen LogP contribution in [-0.4, -0.2) is 36.4 Å². The lowest BCUT2D eigenvalue weighted by molar-refractivity contribution is 0.146. The van der Waals surface area contributed by atoms with E-state index in [1.165, 1.54) is 4.57 Å². The van der Waals surface area contributed by atoms with E-state index in [1.54, 1.807) is 32.4 Å². The Labute approximate surface area is 162 Å². The molecule has 1 aromatic heterocycles. The highest BCUT2D eigenvalue weighted by Crippen LogP contribution is 2.17. The second kappa shape index (κ2) is 8.88. The Kier molecular flexibility index (Phi) is 6.32. The largest absolute Gasteiger partial charge is 0.491 e. The number of halogens is 1. The van der Waals surface area contributed by atoms with E-state index in [0.29, 0.717) is 41.6 Å². The summed E-state index contributed by atoms with van der Waals surface area (Å²) in [6.45, 7) is 1.74. The van der Waals surface area contributed by atoms with Crippen molar-refractivity contribution in [3.05, 3.63) is 63.4 Å². The molecule has 0 unspecified atom stereocenters. The van der Waals surface area contributed by atoms with Gasteiger partial charge in [-0.05, 0) is 42.3 Å². The van der Waals surface area contributed by atoms with Gasteiger partial charge in [-0.15, -0.1) is 0 Å². The molecule has 6 nitrogen and oxygen atoms in total. The van der Waals surface area contributed by atoms with Gasteiger partial charge >= 0.3 is 0 Å². The molecule has 0 bridgehead atoms. The average Bonchev–Trinajstić information content (AvgIpc) is 2.67. The molecule has 27 heavy (non-hydrogen) atoms. The van der Waals surface area contributed by atoms with Gasteiger partial charge in [0.15, 0.2) is 0 Å². The van der Waals surface area contributed by atoms with Crippen LogP contribution in [0, 0.1) is 0 Å². The van der Waals surface area contributed by atoms with Crippen molar-refractivity contribution >= 4 is 28.5 Å². The first-order valence-corrected chi connectivity index (χ1v) is 9.07. The molecule has 0 atom stereocenters. The van der Waals surface area contributed by atoms with Crippen molar-refractivity contribution in [2.45, 2.75) is 6.42 Å². The summed E-state index contributed by atoms with van der Waals surface area (Å²) in [4.78, 5) is 17.0. The van der Waals surface area contributed by atoms with Gasteiger partial charge in [0.1, 0.15) is 12.4 Å². The average molecular weight is 388 g/mol. The van der Waals surface area contributed by atoms with Crippen LogP contribution < -0.4 is 15.6 Å². The third-order valence-corrected chi connectivity index (χ3v) is 4.45.